The molecule has 112 valence electrons. The number of nitrogens with zero attached hydrogens (tertiary/aromatic N) is 2. The molecule has 0 radical (unpaired) electrons. The Morgan fingerprint density at radius 2 is 2.30 bits per heavy atom. The smallest absolute Gasteiger partial charge is 0.304 e. The normalized spacial score (nSPS) is 20.8. The first-order valence-electron chi connectivity index (χ1n) is 5.94. The van der Waals surface area contributed by atoms with Gasteiger partial charge in [-0.15, -0.1) is 0 Å². The second-order valence-corrected chi connectivity index (χ2v) is 7.55. The summed E-state index contributed by atoms with van der Waals surface area (Å²) in [4.78, 5) is 10.3. The van der Waals surface area contributed by atoms with Crippen molar-refractivity contribution in [1.82, 2.24) is 4.31 Å². The average Bonchev–Trinajstić information content (AvgIpc) is 2.83. The van der Waals surface area contributed by atoms with E-state index in [0.717, 1.165) is 17.4 Å². The molecule has 0 aliphatic carbocycles. The molecule has 1 aliphatic heterocycles. The third-order valence-corrected chi connectivity index (χ3v) is 6.37. The van der Waals surface area contributed by atoms with Gasteiger partial charge in [0.2, 0.25) is 0 Å². The highest BCUT2D eigenvalue weighted by Crippen LogP contribution is 2.38. The number of rotatable bonds is 4. The number of hydrogen-bond acceptors (Lipinski definition) is 7. The van der Waals surface area contributed by atoms with Crippen molar-refractivity contribution in [2.75, 3.05) is 32.1 Å². The molecule has 0 bridgehead atoms. The fraction of sp³-hybridized carbons (Fsp3) is 0.600. The third kappa shape index (κ3) is 2.77. The topological polar surface area (TPSA) is 102 Å². The van der Waals surface area contributed by atoms with Crippen molar-refractivity contribution in [2.24, 2.45) is 0 Å². The summed E-state index contributed by atoms with van der Waals surface area (Å²) in [6, 6.07) is 1.10. The van der Waals surface area contributed by atoms with Crippen molar-refractivity contribution in [3.8, 4) is 0 Å². The first-order chi connectivity index (χ1) is 9.36. The summed E-state index contributed by atoms with van der Waals surface area (Å²) in [5, 5.41) is 13.8. The SMILES string of the molecule is CNc1sc(S(=O)(=O)N2CCOC(C)C2)cc1[N+](=O)[O-]. The Kier molecular flexibility index (Phi) is 4.28. The maximum absolute atomic E-state index is 12.5. The van der Waals surface area contributed by atoms with Crippen LogP contribution in [0.2, 0.25) is 0 Å². The van der Waals surface area contributed by atoms with Crippen molar-refractivity contribution >= 4 is 32.0 Å². The van der Waals surface area contributed by atoms with Crippen LogP contribution in [0.5, 0.6) is 0 Å². The monoisotopic (exact) mass is 321 g/mol. The van der Waals surface area contributed by atoms with Crippen LogP contribution in [-0.2, 0) is 14.8 Å². The van der Waals surface area contributed by atoms with Gasteiger partial charge in [0.05, 0.1) is 17.6 Å². The third-order valence-electron chi connectivity index (χ3n) is 2.91. The number of nitro groups is 1. The number of hydrogen-bond donors (Lipinski definition) is 1. The number of thiophene rings is 1. The highest BCUT2D eigenvalue weighted by atomic mass is 32.2. The van der Waals surface area contributed by atoms with E-state index in [1.807, 2.05) is 0 Å². The van der Waals surface area contributed by atoms with Crippen LogP contribution >= 0.6 is 11.3 Å². The van der Waals surface area contributed by atoms with E-state index in [-0.39, 0.29) is 34.1 Å². The van der Waals surface area contributed by atoms with Crippen LogP contribution in [0.15, 0.2) is 10.3 Å². The standard InChI is InChI=1S/C10H15N3O5S2/c1-7-6-12(3-4-18-7)20(16,17)9-5-8(13(14)15)10(11-2)19-9/h5,7,11H,3-4,6H2,1-2H3. The minimum atomic E-state index is -3.71. The van der Waals surface area contributed by atoms with Crippen LogP contribution < -0.4 is 5.32 Å². The zero-order valence-electron chi connectivity index (χ0n) is 11.0. The highest BCUT2D eigenvalue weighted by Gasteiger charge is 2.33. The summed E-state index contributed by atoms with van der Waals surface area (Å²) in [6.07, 6.45) is -0.183. The average molecular weight is 321 g/mol. The van der Waals surface area contributed by atoms with E-state index in [1.165, 1.54) is 11.4 Å². The zero-order valence-corrected chi connectivity index (χ0v) is 12.7. The van der Waals surface area contributed by atoms with Crippen LogP contribution in [0.4, 0.5) is 10.7 Å². The van der Waals surface area contributed by atoms with E-state index in [4.69, 9.17) is 4.74 Å². The van der Waals surface area contributed by atoms with Gasteiger partial charge in [-0.25, -0.2) is 8.42 Å². The molecule has 2 rings (SSSR count). The summed E-state index contributed by atoms with van der Waals surface area (Å²) in [5.41, 5.74) is -0.225. The van der Waals surface area contributed by atoms with Gasteiger partial charge in [0.25, 0.3) is 10.0 Å². The van der Waals surface area contributed by atoms with E-state index in [0.29, 0.717) is 6.61 Å². The van der Waals surface area contributed by atoms with Crippen molar-refractivity contribution in [1.29, 1.82) is 0 Å². The quantitative estimate of drug-likeness (QED) is 0.658. The summed E-state index contributed by atoms with van der Waals surface area (Å²) < 4.78 is 31.5. The van der Waals surface area contributed by atoms with E-state index in [1.54, 1.807) is 6.92 Å². The number of sulfonamides is 1. The number of morpholine rings is 1. The van der Waals surface area contributed by atoms with Crippen molar-refractivity contribution in [3.05, 3.63) is 16.2 Å². The Hall–Kier alpha value is -1.23. The molecule has 1 saturated heterocycles. The van der Waals surface area contributed by atoms with Gasteiger partial charge in [-0.3, -0.25) is 10.1 Å². The molecule has 1 aliphatic rings. The molecule has 20 heavy (non-hydrogen) atoms. The van der Waals surface area contributed by atoms with Crippen LogP contribution in [0.1, 0.15) is 6.92 Å². The van der Waals surface area contributed by atoms with Crippen LogP contribution in [-0.4, -0.2) is 50.5 Å². The molecule has 1 unspecified atom stereocenters. The minimum Gasteiger partial charge on any atom is -0.376 e. The molecule has 0 aromatic carbocycles. The van der Waals surface area contributed by atoms with E-state index >= 15 is 0 Å². The molecule has 2 heterocycles. The van der Waals surface area contributed by atoms with Gasteiger partial charge in [-0.1, -0.05) is 11.3 Å². The lowest BCUT2D eigenvalue weighted by atomic mass is 10.3. The molecule has 1 fully saturated rings. The lowest BCUT2D eigenvalue weighted by Crippen LogP contribution is -2.44. The van der Waals surface area contributed by atoms with Gasteiger partial charge in [0.15, 0.2) is 5.00 Å². The Morgan fingerprint density at radius 3 is 2.80 bits per heavy atom. The van der Waals surface area contributed by atoms with E-state index < -0.39 is 14.9 Å². The predicted octanol–water partition coefficient (Wildman–Crippen LogP) is 1.11. The fourth-order valence-corrected chi connectivity index (χ4v) is 4.87. The van der Waals surface area contributed by atoms with Crippen LogP contribution in [0, 0.1) is 10.1 Å². The first-order valence-corrected chi connectivity index (χ1v) is 8.19. The predicted molar refractivity (Wildman–Crippen MR) is 74.7 cm³/mol. The Bertz CT molecular complexity index is 612. The summed E-state index contributed by atoms with van der Waals surface area (Å²) in [7, 11) is -2.19. The largest absolute Gasteiger partial charge is 0.376 e. The maximum atomic E-state index is 12.5. The van der Waals surface area contributed by atoms with Gasteiger partial charge < -0.3 is 10.1 Å². The lowest BCUT2D eigenvalue weighted by molar-refractivity contribution is -0.383. The number of nitrogens with one attached hydrogen (secondary N) is 1. The Balaban J connectivity index is 2.36. The first kappa shape index (κ1) is 15.2. The van der Waals surface area contributed by atoms with Gasteiger partial charge in [-0.05, 0) is 6.92 Å². The second kappa shape index (κ2) is 5.64. The van der Waals surface area contributed by atoms with Gasteiger partial charge in [0.1, 0.15) is 4.21 Å². The molecule has 0 saturated carbocycles. The second-order valence-electron chi connectivity index (χ2n) is 4.33. The summed E-state index contributed by atoms with van der Waals surface area (Å²) >= 11 is 0.866. The molecule has 10 heteroatoms. The number of anilines is 1. The minimum absolute atomic E-state index is 0.0253. The summed E-state index contributed by atoms with van der Waals surface area (Å²) in [6.45, 7) is 2.63. The van der Waals surface area contributed by atoms with E-state index in [9.17, 15) is 18.5 Å². The zero-order chi connectivity index (χ0) is 14.9. The maximum Gasteiger partial charge on any atom is 0.304 e. The van der Waals surface area contributed by atoms with Crippen LogP contribution in [0.3, 0.4) is 0 Å². The molecular formula is C10H15N3O5S2. The Labute approximate surface area is 120 Å². The number of ether oxygens (including phenoxy) is 1. The molecule has 8 nitrogen and oxygen atoms in total. The lowest BCUT2D eigenvalue weighted by Gasteiger charge is -2.29. The van der Waals surface area contributed by atoms with Gasteiger partial charge in [-0.2, -0.15) is 4.31 Å². The van der Waals surface area contributed by atoms with Gasteiger partial charge in [0, 0.05) is 26.2 Å². The fourth-order valence-electron chi connectivity index (χ4n) is 1.93. The van der Waals surface area contributed by atoms with Crippen molar-refractivity contribution in [2.45, 2.75) is 17.2 Å². The molecule has 1 atom stereocenters. The van der Waals surface area contributed by atoms with Crippen molar-refractivity contribution in [3.63, 3.8) is 0 Å². The molecular weight excluding hydrogens is 306 g/mol. The summed E-state index contributed by atoms with van der Waals surface area (Å²) in [5.74, 6) is 0. The molecule has 0 spiro atoms. The molecule has 0 amide bonds. The molecule has 1 aromatic rings. The Morgan fingerprint density at radius 1 is 1.60 bits per heavy atom. The molecule has 1 N–H and O–H groups in total. The highest BCUT2D eigenvalue weighted by molar-refractivity contribution is 7.91. The van der Waals surface area contributed by atoms with Gasteiger partial charge >= 0.3 is 5.69 Å². The van der Waals surface area contributed by atoms with Crippen LogP contribution in [0.25, 0.3) is 0 Å². The van der Waals surface area contributed by atoms with Crippen molar-refractivity contribution < 1.29 is 18.1 Å². The van der Waals surface area contributed by atoms with E-state index in [2.05, 4.69) is 5.32 Å². The molecule has 1 aromatic heterocycles.